The lowest BCUT2D eigenvalue weighted by Crippen LogP contribution is -2.52. The van der Waals surface area contributed by atoms with Crippen LogP contribution in [0.1, 0.15) is 139 Å². The van der Waals surface area contributed by atoms with Gasteiger partial charge < -0.3 is 4.90 Å². The zero-order chi connectivity index (χ0) is 30.5. The van der Waals surface area contributed by atoms with E-state index < -0.39 is 0 Å². The maximum absolute atomic E-state index is 6.46. The van der Waals surface area contributed by atoms with Crippen molar-refractivity contribution >= 4 is 23.4 Å². The van der Waals surface area contributed by atoms with Crippen LogP contribution in [0, 0.1) is 6.92 Å². The topological polar surface area (TPSA) is 3.24 Å². The molecule has 0 saturated heterocycles. The molecule has 1 spiro atoms. The van der Waals surface area contributed by atoms with Crippen molar-refractivity contribution in [3.05, 3.63) is 92.5 Å². The van der Waals surface area contributed by atoms with Crippen LogP contribution >= 0.6 is 11.6 Å². The third kappa shape index (κ3) is 6.88. The molecule has 1 nitrogen and oxygen atoms in total. The standard InChI is InChI=1S/C41H56ClN/c1-6-13-34-29-39-35(27-31(34)4)28-36(15-11-9-10-14-33-20-18-32(8-3)19-21-33)41(39)25-23-40(22-7-2,24-26-41)43(5)38-17-12-16-37(42)30-38/h12,16-18,20,27-30H,6-11,13-15,19,21-26H2,1-5H3. The number of aryl methyl sites for hydroxylation is 2. The fourth-order valence-electron chi connectivity index (χ4n) is 8.64. The van der Waals surface area contributed by atoms with Gasteiger partial charge in [-0.1, -0.05) is 105 Å². The van der Waals surface area contributed by atoms with Gasteiger partial charge in [0.1, 0.15) is 0 Å². The number of rotatable bonds is 13. The molecule has 0 aliphatic heterocycles. The van der Waals surface area contributed by atoms with Gasteiger partial charge >= 0.3 is 0 Å². The average Bonchev–Trinajstić information content (AvgIpc) is 3.29. The first-order valence-electron chi connectivity index (χ1n) is 17.6. The van der Waals surface area contributed by atoms with Gasteiger partial charge in [-0.2, -0.15) is 0 Å². The maximum Gasteiger partial charge on any atom is 0.0426 e. The van der Waals surface area contributed by atoms with Gasteiger partial charge in [-0.3, -0.25) is 0 Å². The summed E-state index contributed by atoms with van der Waals surface area (Å²) in [5.74, 6) is 0. The highest BCUT2D eigenvalue weighted by Crippen LogP contribution is 2.56. The van der Waals surface area contributed by atoms with E-state index >= 15 is 0 Å². The quantitative estimate of drug-likeness (QED) is 0.207. The Morgan fingerprint density at radius 1 is 0.814 bits per heavy atom. The fraction of sp³-hybridized carbons (Fsp3) is 0.561. The molecule has 0 aromatic heterocycles. The van der Waals surface area contributed by atoms with E-state index in [1.54, 1.807) is 27.8 Å². The Hall–Kier alpha value is -2.25. The molecule has 0 atom stereocenters. The molecule has 0 bridgehead atoms. The van der Waals surface area contributed by atoms with Crippen molar-refractivity contribution in [3.63, 3.8) is 0 Å². The van der Waals surface area contributed by atoms with Gasteiger partial charge in [-0.15, -0.1) is 0 Å². The predicted octanol–water partition coefficient (Wildman–Crippen LogP) is 12.5. The van der Waals surface area contributed by atoms with Crippen molar-refractivity contribution in [2.75, 3.05) is 11.9 Å². The van der Waals surface area contributed by atoms with Crippen molar-refractivity contribution in [1.82, 2.24) is 0 Å². The van der Waals surface area contributed by atoms with E-state index in [0.29, 0.717) is 0 Å². The van der Waals surface area contributed by atoms with Crippen LogP contribution in [0.25, 0.3) is 6.08 Å². The summed E-state index contributed by atoms with van der Waals surface area (Å²) in [5.41, 5.74) is 12.9. The highest BCUT2D eigenvalue weighted by atomic mass is 35.5. The van der Waals surface area contributed by atoms with Crippen molar-refractivity contribution in [2.45, 2.75) is 141 Å². The Morgan fingerprint density at radius 3 is 2.23 bits per heavy atom. The smallest absolute Gasteiger partial charge is 0.0426 e. The number of halogens is 1. The number of unbranched alkanes of at least 4 members (excludes halogenated alkanes) is 2. The molecule has 0 radical (unpaired) electrons. The van der Waals surface area contributed by atoms with Crippen LogP contribution in [0.2, 0.25) is 5.02 Å². The number of hydrogen-bond acceptors (Lipinski definition) is 1. The number of fused-ring (bicyclic) bond motifs is 2. The van der Waals surface area contributed by atoms with E-state index in [0.717, 1.165) is 5.02 Å². The van der Waals surface area contributed by atoms with E-state index in [-0.39, 0.29) is 11.0 Å². The summed E-state index contributed by atoms with van der Waals surface area (Å²) >= 11 is 6.46. The Kier molecular flexibility index (Phi) is 10.6. The minimum atomic E-state index is 0.190. The second-order valence-corrected chi connectivity index (χ2v) is 14.4. The summed E-state index contributed by atoms with van der Waals surface area (Å²) < 4.78 is 0. The summed E-state index contributed by atoms with van der Waals surface area (Å²) in [7, 11) is 2.32. The van der Waals surface area contributed by atoms with E-state index in [1.165, 1.54) is 120 Å². The van der Waals surface area contributed by atoms with E-state index in [9.17, 15) is 0 Å². The average molecular weight is 598 g/mol. The molecule has 3 aliphatic carbocycles. The molecule has 1 fully saturated rings. The third-order valence-electron chi connectivity index (χ3n) is 11.4. The summed E-state index contributed by atoms with van der Waals surface area (Å²) in [6.07, 6.45) is 27.6. The van der Waals surface area contributed by atoms with Gasteiger partial charge in [0.2, 0.25) is 0 Å². The molecule has 0 amide bonds. The first-order chi connectivity index (χ1) is 20.8. The monoisotopic (exact) mass is 597 g/mol. The van der Waals surface area contributed by atoms with Gasteiger partial charge in [0.25, 0.3) is 0 Å². The van der Waals surface area contributed by atoms with Crippen LogP contribution in [0.15, 0.2) is 65.3 Å². The Morgan fingerprint density at radius 2 is 1.56 bits per heavy atom. The highest BCUT2D eigenvalue weighted by Gasteiger charge is 2.49. The lowest BCUT2D eigenvalue weighted by molar-refractivity contribution is 0.203. The van der Waals surface area contributed by atoms with Crippen LogP contribution in [-0.4, -0.2) is 12.6 Å². The summed E-state index contributed by atoms with van der Waals surface area (Å²) in [6, 6.07) is 13.7. The Labute approximate surface area is 268 Å². The lowest BCUT2D eigenvalue weighted by Gasteiger charge is -2.52. The van der Waals surface area contributed by atoms with Crippen molar-refractivity contribution in [2.24, 2.45) is 0 Å². The lowest BCUT2D eigenvalue weighted by atomic mass is 9.60. The summed E-state index contributed by atoms with van der Waals surface area (Å²) in [5, 5.41) is 0.832. The zero-order valence-corrected chi connectivity index (χ0v) is 28.6. The molecule has 0 heterocycles. The molecular formula is C41H56ClN. The van der Waals surface area contributed by atoms with Gasteiger partial charge in [-0.25, -0.2) is 0 Å². The fourth-order valence-corrected chi connectivity index (χ4v) is 8.82. The molecule has 232 valence electrons. The minimum Gasteiger partial charge on any atom is -0.369 e. The van der Waals surface area contributed by atoms with E-state index in [1.807, 2.05) is 6.07 Å². The zero-order valence-electron chi connectivity index (χ0n) is 27.8. The second kappa shape index (κ2) is 14.2. The summed E-state index contributed by atoms with van der Waals surface area (Å²) in [4.78, 5) is 2.59. The SMILES string of the molecule is CCCc1cc2c(cc1C)C=C(CCCCCC1=CC=C(CC)CC1)C21CCC(CCC)(N(C)c2cccc(Cl)c2)CC1. The van der Waals surface area contributed by atoms with Crippen molar-refractivity contribution in [1.29, 1.82) is 0 Å². The number of anilines is 1. The second-order valence-electron chi connectivity index (χ2n) is 13.9. The predicted molar refractivity (Wildman–Crippen MR) is 190 cm³/mol. The molecule has 0 unspecified atom stereocenters. The molecule has 2 aromatic rings. The molecule has 0 N–H and O–H groups in total. The first-order valence-corrected chi connectivity index (χ1v) is 17.9. The van der Waals surface area contributed by atoms with Gasteiger partial charge in [0, 0.05) is 28.7 Å². The third-order valence-corrected chi connectivity index (χ3v) is 11.6. The van der Waals surface area contributed by atoms with Gasteiger partial charge in [0.05, 0.1) is 0 Å². The van der Waals surface area contributed by atoms with Crippen LogP contribution < -0.4 is 4.90 Å². The van der Waals surface area contributed by atoms with Gasteiger partial charge in [-0.05, 0) is 131 Å². The molecule has 2 heteroatoms. The number of benzene rings is 2. The van der Waals surface area contributed by atoms with Crippen molar-refractivity contribution in [3.8, 4) is 0 Å². The largest absolute Gasteiger partial charge is 0.369 e. The highest BCUT2D eigenvalue weighted by molar-refractivity contribution is 6.30. The number of hydrogen-bond donors (Lipinski definition) is 0. The Balaban J connectivity index is 1.34. The first kappa shape index (κ1) is 32.2. The molecule has 5 rings (SSSR count). The number of allylic oxidation sites excluding steroid dienone is 5. The normalized spacial score (nSPS) is 23.2. The van der Waals surface area contributed by atoms with Crippen LogP contribution in [-0.2, 0) is 11.8 Å². The minimum absolute atomic E-state index is 0.190. The molecule has 43 heavy (non-hydrogen) atoms. The van der Waals surface area contributed by atoms with Gasteiger partial charge in [0.15, 0.2) is 0 Å². The molecule has 3 aliphatic rings. The Bertz CT molecular complexity index is 1350. The molecule has 1 saturated carbocycles. The van der Waals surface area contributed by atoms with Crippen LogP contribution in [0.4, 0.5) is 5.69 Å². The van der Waals surface area contributed by atoms with E-state index in [4.69, 9.17) is 11.6 Å². The van der Waals surface area contributed by atoms with Crippen molar-refractivity contribution < 1.29 is 0 Å². The number of nitrogens with zero attached hydrogens (tertiary/aromatic N) is 1. The molecule has 2 aromatic carbocycles. The molecular weight excluding hydrogens is 542 g/mol. The van der Waals surface area contributed by atoms with E-state index in [2.05, 4.69) is 88.2 Å². The maximum atomic E-state index is 6.46. The summed E-state index contributed by atoms with van der Waals surface area (Å²) in [6.45, 7) is 9.29. The van der Waals surface area contributed by atoms with Crippen LogP contribution in [0.3, 0.4) is 0 Å². The van der Waals surface area contributed by atoms with Crippen LogP contribution in [0.5, 0.6) is 0 Å².